The fourth-order valence-corrected chi connectivity index (χ4v) is 3.57. The third kappa shape index (κ3) is 2.82. The Morgan fingerprint density at radius 2 is 1.29 bits per heavy atom. The van der Waals surface area contributed by atoms with Gasteiger partial charge in [0.1, 0.15) is 0 Å². The van der Waals surface area contributed by atoms with Gasteiger partial charge in [-0.05, 0) is 0 Å². The average Bonchev–Trinajstić information content (AvgIpc) is 2.23. The summed E-state index contributed by atoms with van der Waals surface area (Å²) in [5.41, 5.74) is 0. The van der Waals surface area contributed by atoms with Gasteiger partial charge < -0.3 is 0 Å². The van der Waals surface area contributed by atoms with Crippen molar-refractivity contribution in [2.75, 3.05) is 0 Å². The van der Waals surface area contributed by atoms with E-state index in [-0.39, 0.29) is 21.2 Å². The zero-order chi connectivity index (χ0) is 9.80. The van der Waals surface area contributed by atoms with Gasteiger partial charge >= 0.3 is 103 Å². The second-order valence-electron chi connectivity index (χ2n) is 2.83. The Morgan fingerprint density at radius 1 is 0.714 bits per heavy atom. The van der Waals surface area contributed by atoms with Gasteiger partial charge in [0, 0.05) is 0 Å². The molecule has 0 aliphatic rings. The minimum absolute atomic E-state index is 0.00492. The minimum atomic E-state index is -0.00492. The molecule has 0 aliphatic heterocycles. The van der Waals surface area contributed by atoms with E-state index in [4.69, 9.17) is 0 Å². The molecule has 0 saturated carbocycles. The van der Waals surface area contributed by atoms with E-state index in [9.17, 15) is 0 Å². The Morgan fingerprint density at radius 3 is 1.93 bits per heavy atom. The van der Waals surface area contributed by atoms with E-state index in [0.717, 1.165) is 4.47 Å². The molecule has 0 radical (unpaired) electrons. The van der Waals surface area contributed by atoms with Crippen LogP contribution in [0.4, 0.5) is 0 Å². The van der Waals surface area contributed by atoms with Crippen LogP contribution in [-0.2, 0) is 0 Å². The van der Waals surface area contributed by atoms with Gasteiger partial charge in [0.25, 0.3) is 0 Å². The van der Waals surface area contributed by atoms with Crippen LogP contribution >= 0.6 is 15.9 Å². The summed E-state index contributed by atoms with van der Waals surface area (Å²) in [5, 5.41) is 0. The van der Waals surface area contributed by atoms with E-state index >= 15 is 0 Å². The van der Waals surface area contributed by atoms with Crippen molar-refractivity contribution in [1.82, 2.24) is 0 Å². The Kier molecular flexibility index (Phi) is 3.59. The molecule has 0 saturated heterocycles. The van der Waals surface area contributed by atoms with Crippen LogP contribution in [0.1, 0.15) is 0 Å². The molecule has 0 spiro atoms. The molecule has 72 valence electrons. The van der Waals surface area contributed by atoms with E-state index in [1.807, 2.05) is 0 Å². The molecule has 0 heterocycles. The third-order valence-electron chi connectivity index (χ3n) is 1.75. The van der Waals surface area contributed by atoms with Gasteiger partial charge in [0.2, 0.25) is 0 Å². The van der Waals surface area contributed by atoms with Crippen LogP contribution in [0.2, 0.25) is 0 Å². The molecule has 0 nitrogen and oxygen atoms in total. The summed E-state index contributed by atoms with van der Waals surface area (Å²) in [6.45, 7) is 0. The van der Waals surface area contributed by atoms with Gasteiger partial charge in [0.15, 0.2) is 0 Å². The number of rotatable bonds is 2. The van der Waals surface area contributed by atoms with Gasteiger partial charge in [0.05, 0.1) is 0 Å². The maximum atomic E-state index is 3.44. The summed E-state index contributed by atoms with van der Waals surface area (Å²) in [6, 6.07) is 19.3. The number of benzene rings is 2. The topological polar surface area (TPSA) is 0 Å². The molecule has 2 heteroatoms. The Hall–Kier alpha value is -0.350. The van der Waals surface area contributed by atoms with Crippen LogP contribution in [0.3, 0.4) is 0 Å². The van der Waals surface area contributed by atoms with E-state index in [1.165, 1.54) is 7.14 Å². The first-order valence-electron chi connectivity index (χ1n) is 4.30. The van der Waals surface area contributed by atoms with Crippen LogP contribution < -0.4 is 21.2 Å². The summed E-state index contributed by atoms with van der Waals surface area (Å²) in [4.78, 5) is 0. The van der Waals surface area contributed by atoms with Crippen molar-refractivity contribution < 1.29 is 21.2 Å². The maximum absolute atomic E-state index is 3.44. The monoisotopic (exact) mass is 359 g/mol. The van der Waals surface area contributed by atoms with Gasteiger partial charge in [-0.1, -0.05) is 0 Å². The first-order valence-corrected chi connectivity index (χ1v) is 7.25. The zero-order valence-corrected chi connectivity index (χ0v) is 11.2. The fraction of sp³-hybridized carbons (Fsp3) is 0. The van der Waals surface area contributed by atoms with E-state index in [2.05, 4.69) is 70.5 Å². The predicted molar refractivity (Wildman–Crippen MR) is 58.0 cm³/mol. The molecule has 0 fully saturated rings. The van der Waals surface area contributed by atoms with E-state index in [1.54, 1.807) is 0 Å². The molecule has 0 amide bonds. The van der Waals surface area contributed by atoms with Crippen LogP contribution in [-0.4, -0.2) is 0 Å². The van der Waals surface area contributed by atoms with Crippen molar-refractivity contribution in [3.8, 4) is 0 Å². The first-order chi connectivity index (χ1) is 6.84. The summed E-state index contributed by atoms with van der Waals surface area (Å²) in [7, 11) is 0. The van der Waals surface area contributed by atoms with E-state index < -0.39 is 0 Å². The third-order valence-corrected chi connectivity index (χ3v) is 4.97. The average molecular weight is 360 g/mol. The molecule has 0 atom stereocenters. The summed E-state index contributed by atoms with van der Waals surface area (Å²) >= 11 is 3.44. The molecule has 2 aromatic carbocycles. The normalized spacial score (nSPS) is 10.4. The summed E-state index contributed by atoms with van der Waals surface area (Å²) < 4.78 is 4.07. The molecular formula is C12H9BrI-. The second kappa shape index (κ2) is 4.94. The molecule has 0 aromatic heterocycles. The first kappa shape index (κ1) is 10.2. The van der Waals surface area contributed by atoms with Crippen molar-refractivity contribution in [2.45, 2.75) is 0 Å². The molecular weight excluding hydrogens is 351 g/mol. The van der Waals surface area contributed by atoms with Crippen molar-refractivity contribution in [1.29, 1.82) is 0 Å². The Labute approximate surface area is 103 Å². The van der Waals surface area contributed by atoms with Crippen LogP contribution in [0.25, 0.3) is 0 Å². The van der Waals surface area contributed by atoms with Gasteiger partial charge in [-0.25, -0.2) is 0 Å². The molecule has 2 rings (SSSR count). The molecule has 14 heavy (non-hydrogen) atoms. The SMILES string of the molecule is Brc1ccc([I-]c2ccccc2)cc1. The van der Waals surface area contributed by atoms with Gasteiger partial charge in [-0.15, -0.1) is 0 Å². The molecule has 0 bridgehead atoms. The van der Waals surface area contributed by atoms with Crippen LogP contribution in [0.5, 0.6) is 0 Å². The number of hydrogen-bond donors (Lipinski definition) is 0. The number of halogens is 2. The summed E-state index contributed by atoms with van der Waals surface area (Å²) in [6.07, 6.45) is 0. The second-order valence-corrected chi connectivity index (χ2v) is 6.77. The molecule has 0 N–H and O–H groups in total. The van der Waals surface area contributed by atoms with Crippen LogP contribution in [0, 0.1) is 7.14 Å². The molecule has 0 aliphatic carbocycles. The van der Waals surface area contributed by atoms with Gasteiger partial charge in [-0.3, -0.25) is 0 Å². The molecule has 0 unspecified atom stereocenters. The van der Waals surface area contributed by atoms with Crippen molar-refractivity contribution >= 4 is 15.9 Å². The quantitative estimate of drug-likeness (QED) is 0.688. The zero-order valence-electron chi connectivity index (χ0n) is 7.45. The van der Waals surface area contributed by atoms with E-state index in [0.29, 0.717) is 0 Å². The van der Waals surface area contributed by atoms with Crippen molar-refractivity contribution in [2.24, 2.45) is 0 Å². The van der Waals surface area contributed by atoms with Crippen LogP contribution in [0.15, 0.2) is 59.1 Å². The van der Waals surface area contributed by atoms with Crippen molar-refractivity contribution in [3.05, 3.63) is 66.2 Å². The Balaban J connectivity index is 2.16. The summed E-state index contributed by atoms with van der Waals surface area (Å²) in [5.74, 6) is 0. The molecule has 2 aromatic rings. The number of hydrogen-bond acceptors (Lipinski definition) is 0. The predicted octanol–water partition coefficient (Wildman–Crippen LogP) is 0.577. The Bertz CT molecular complexity index is 394. The standard InChI is InChI=1S/C12H9BrI/c13-10-6-8-12(9-7-10)14-11-4-2-1-3-5-11/h1-9H/q-1. The van der Waals surface area contributed by atoms with Gasteiger partial charge in [-0.2, -0.15) is 0 Å². The van der Waals surface area contributed by atoms with Crippen molar-refractivity contribution in [3.63, 3.8) is 0 Å². The fourth-order valence-electron chi connectivity index (χ4n) is 1.10.